The molecule has 1 aromatic carbocycles. The van der Waals surface area contributed by atoms with Crippen LogP contribution in [0.25, 0.3) is 0 Å². The van der Waals surface area contributed by atoms with Gasteiger partial charge in [0, 0.05) is 18.4 Å². The van der Waals surface area contributed by atoms with Gasteiger partial charge in [-0.3, -0.25) is 4.68 Å². The fourth-order valence-electron chi connectivity index (χ4n) is 3.22. The lowest BCUT2D eigenvalue weighted by Crippen LogP contribution is -2.47. The highest BCUT2D eigenvalue weighted by molar-refractivity contribution is 5.30. The van der Waals surface area contributed by atoms with E-state index in [1.807, 2.05) is 17.7 Å². The molecule has 0 amide bonds. The van der Waals surface area contributed by atoms with Gasteiger partial charge >= 0.3 is 0 Å². The van der Waals surface area contributed by atoms with Crippen molar-refractivity contribution in [1.29, 1.82) is 0 Å². The molecule has 0 saturated heterocycles. The molecule has 1 aliphatic rings. The van der Waals surface area contributed by atoms with Crippen LogP contribution in [0, 0.1) is 0 Å². The van der Waals surface area contributed by atoms with Crippen molar-refractivity contribution in [3.8, 4) is 0 Å². The first-order chi connectivity index (χ1) is 9.76. The first-order valence-electron chi connectivity index (χ1n) is 7.36. The molecule has 1 unspecified atom stereocenters. The second kappa shape index (κ2) is 5.37. The number of nitrogens with zero attached hydrogens (tertiary/aromatic N) is 3. The van der Waals surface area contributed by atoms with Crippen LogP contribution in [0.2, 0.25) is 0 Å². The highest BCUT2D eigenvalue weighted by Crippen LogP contribution is 2.47. The van der Waals surface area contributed by atoms with E-state index >= 15 is 0 Å². The van der Waals surface area contributed by atoms with Crippen molar-refractivity contribution in [3.05, 3.63) is 48.0 Å². The summed E-state index contributed by atoms with van der Waals surface area (Å²) in [6.45, 7) is 2.83. The highest BCUT2D eigenvalue weighted by Gasteiger charge is 2.45. The number of rotatable bonds is 5. The molecule has 20 heavy (non-hydrogen) atoms. The average Bonchev–Trinajstić information content (AvgIpc) is 2.86. The smallest absolute Gasteiger partial charge is 0.138 e. The molecule has 1 atom stereocenters. The predicted molar refractivity (Wildman–Crippen MR) is 77.4 cm³/mol. The summed E-state index contributed by atoms with van der Waals surface area (Å²) in [6.07, 6.45) is 5.04. The van der Waals surface area contributed by atoms with Gasteiger partial charge in [-0.2, -0.15) is 5.10 Å². The molecule has 1 N–H and O–H groups in total. The maximum absolute atomic E-state index is 10.8. The van der Waals surface area contributed by atoms with E-state index < -0.39 is 6.10 Å². The Morgan fingerprint density at radius 1 is 1.30 bits per heavy atom. The van der Waals surface area contributed by atoms with Crippen molar-refractivity contribution < 1.29 is 5.11 Å². The topological polar surface area (TPSA) is 50.9 Å². The molecular weight excluding hydrogens is 250 g/mol. The molecule has 0 aliphatic heterocycles. The maximum Gasteiger partial charge on any atom is 0.138 e. The summed E-state index contributed by atoms with van der Waals surface area (Å²) in [4.78, 5) is 4.28. The third kappa shape index (κ3) is 2.14. The number of benzene rings is 1. The largest absolute Gasteiger partial charge is 0.392 e. The van der Waals surface area contributed by atoms with Gasteiger partial charge in [-0.15, -0.1) is 0 Å². The third-order valence-corrected chi connectivity index (χ3v) is 4.60. The van der Waals surface area contributed by atoms with Crippen molar-refractivity contribution in [3.63, 3.8) is 0 Å². The molecule has 2 aromatic rings. The summed E-state index contributed by atoms with van der Waals surface area (Å²) < 4.78 is 1.86. The van der Waals surface area contributed by atoms with Gasteiger partial charge in [0.2, 0.25) is 0 Å². The summed E-state index contributed by atoms with van der Waals surface area (Å²) in [5.74, 6) is 0.877. The molecule has 1 saturated carbocycles. The fourth-order valence-corrected chi connectivity index (χ4v) is 3.22. The zero-order valence-corrected chi connectivity index (χ0v) is 11.9. The summed E-state index contributed by atoms with van der Waals surface area (Å²) in [6, 6.07) is 10.4. The van der Waals surface area contributed by atoms with E-state index in [1.165, 1.54) is 12.0 Å². The van der Waals surface area contributed by atoms with E-state index in [2.05, 4.69) is 34.3 Å². The van der Waals surface area contributed by atoms with Gasteiger partial charge in [0.15, 0.2) is 0 Å². The Kier molecular flexibility index (Phi) is 3.57. The average molecular weight is 271 g/mol. The minimum absolute atomic E-state index is 0.0915. The van der Waals surface area contributed by atoms with Crippen LogP contribution in [0.15, 0.2) is 36.7 Å². The third-order valence-electron chi connectivity index (χ3n) is 4.60. The van der Waals surface area contributed by atoms with Crippen molar-refractivity contribution in [2.45, 2.75) is 50.7 Å². The maximum atomic E-state index is 10.8. The Hall–Kier alpha value is -1.68. The second-order valence-corrected chi connectivity index (χ2v) is 5.59. The molecule has 0 radical (unpaired) electrons. The summed E-state index contributed by atoms with van der Waals surface area (Å²) in [7, 11) is 0. The van der Waals surface area contributed by atoms with Crippen molar-refractivity contribution in [1.82, 2.24) is 14.8 Å². The number of aliphatic hydroxyl groups excluding tert-OH is 1. The normalized spacial score (nSPS) is 18.5. The van der Waals surface area contributed by atoms with Crippen molar-refractivity contribution >= 4 is 0 Å². The summed E-state index contributed by atoms with van der Waals surface area (Å²) in [5, 5.41) is 15.0. The van der Waals surface area contributed by atoms with Gasteiger partial charge in [-0.1, -0.05) is 36.8 Å². The van der Waals surface area contributed by atoms with Gasteiger partial charge < -0.3 is 5.11 Å². The SMILES string of the molecule is CCn1ncnc1CC(O)C1(c2ccccc2)CCC1. The van der Waals surface area contributed by atoms with Gasteiger partial charge in [0.25, 0.3) is 0 Å². The van der Waals surface area contributed by atoms with Crippen LogP contribution < -0.4 is 0 Å². The lowest BCUT2D eigenvalue weighted by Gasteiger charge is -2.46. The number of aliphatic hydroxyl groups is 1. The van der Waals surface area contributed by atoms with E-state index in [1.54, 1.807) is 6.33 Å². The monoisotopic (exact) mass is 271 g/mol. The van der Waals surface area contributed by atoms with Gasteiger partial charge in [0.05, 0.1) is 6.10 Å². The zero-order valence-electron chi connectivity index (χ0n) is 11.9. The molecule has 0 spiro atoms. The van der Waals surface area contributed by atoms with E-state index in [-0.39, 0.29) is 5.41 Å². The molecule has 0 bridgehead atoms. The van der Waals surface area contributed by atoms with E-state index in [4.69, 9.17) is 0 Å². The van der Waals surface area contributed by atoms with Crippen LogP contribution in [0.3, 0.4) is 0 Å². The van der Waals surface area contributed by atoms with Gasteiger partial charge in [-0.05, 0) is 25.3 Å². The van der Waals surface area contributed by atoms with E-state index in [0.717, 1.165) is 25.2 Å². The van der Waals surface area contributed by atoms with Crippen LogP contribution >= 0.6 is 0 Å². The number of aromatic nitrogens is 3. The summed E-state index contributed by atoms with van der Waals surface area (Å²) >= 11 is 0. The van der Waals surface area contributed by atoms with E-state index in [9.17, 15) is 5.11 Å². The minimum atomic E-state index is -0.395. The Morgan fingerprint density at radius 3 is 2.65 bits per heavy atom. The first kappa shape index (κ1) is 13.3. The van der Waals surface area contributed by atoms with Crippen LogP contribution in [0.1, 0.15) is 37.6 Å². The van der Waals surface area contributed by atoms with Crippen LogP contribution in [-0.4, -0.2) is 26.0 Å². The number of aryl methyl sites for hydroxylation is 1. The highest BCUT2D eigenvalue weighted by atomic mass is 16.3. The van der Waals surface area contributed by atoms with Crippen molar-refractivity contribution in [2.24, 2.45) is 0 Å². The van der Waals surface area contributed by atoms with Crippen LogP contribution in [-0.2, 0) is 18.4 Å². The van der Waals surface area contributed by atoms with Crippen LogP contribution in [0.5, 0.6) is 0 Å². The first-order valence-corrected chi connectivity index (χ1v) is 7.36. The number of hydrogen-bond donors (Lipinski definition) is 1. The Balaban J connectivity index is 1.83. The lowest BCUT2D eigenvalue weighted by atomic mass is 9.60. The molecule has 3 rings (SSSR count). The molecule has 106 valence electrons. The quantitative estimate of drug-likeness (QED) is 0.908. The predicted octanol–water partition coefficient (Wildman–Crippen LogP) is 2.32. The summed E-state index contributed by atoms with van der Waals surface area (Å²) in [5.41, 5.74) is 1.16. The molecule has 1 heterocycles. The molecule has 4 nitrogen and oxygen atoms in total. The Bertz CT molecular complexity index is 560. The molecular formula is C16H21N3O. The molecule has 4 heteroatoms. The molecule has 1 fully saturated rings. The standard InChI is InChI=1S/C16H21N3O/c1-2-19-15(17-12-18-19)11-14(20)16(9-6-10-16)13-7-4-3-5-8-13/h3-5,7-8,12,14,20H,2,6,9-11H2,1H3. The number of hydrogen-bond acceptors (Lipinski definition) is 3. The van der Waals surface area contributed by atoms with Crippen LogP contribution in [0.4, 0.5) is 0 Å². The molecule has 1 aliphatic carbocycles. The van der Waals surface area contributed by atoms with E-state index in [0.29, 0.717) is 6.42 Å². The lowest BCUT2D eigenvalue weighted by molar-refractivity contribution is 0.0265. The molecule has 1 aromatic heterocycles. The van der Waals surface area contributed by atoms with Gasteiger partial charge in [0.1, 0.15) is 12.2 Å². The second-order valence-electron chi connectivity index (χ2n) is 5.59. The fraction of sp³-hybridized carbons (Fsp3) is 0.500. The Labute approximate surface area is 119 Å². The van der Waals surface area contributed by atoms with Gasteiger partial charge in [-0.25, -0.2) is 4.98 Å². The zero-order chi connectivity index (χ0) is 14.0. The van der Waals surface area contributed by atoms with Crippen molar-refractivity contribution in [2.75, 3.05) is 0 Å². The Morgan fingerprint density at radius 2 is 2.05 bits per heavy atom. The minimum Gasteiger partial charge on any atom is -0.392 e.